The molecule has 21 heavy (non-hydrogen) atoms. The van der Waals surface area contributed by atoms with Crippen molar-refractivity contribution in [1.82, 2.24) is 4.98 Å². The zero-order valence-electron chi connectivity index (χ0n) is 11.2. The zero-order valence-corrected chi connectivity index (χ0v) is 11.2. The van der Waals surface area contributed by atoms with Crippen LogP contribution in [0.25, 0.3) is 0 Å². The number of hydrogen-bond donors (Lipinski definition) is 3. The van der Waals surface area contributed by atoms with E-state index in [0.717, 1.165) is 0 Å². The number of aliphatic hydroxyl groups excluding tert-OH is 1. The van der Waals surface area contributed by atoms with Gasteiger partial charge in [-0.2, -0.15) is 0 Å². The maximum absolute atomic E-state index is 11.0. The molecule has 0 aliphatic heterocycles. The summed E-state index contributed by atoms with van der Waals surface area (Å²) in [5.41, 5.74) is 6.22. The molecule has 4 N–H and O–H groups in total. The van der Waals surface area contributed by atoms with Crippen LogP contribution in [0.15, 0.2) is 30.5 Å². The Morgan fingerprint density at radius 2 is 2.10 bits per heavy atom. The number of carbonyl (C=O) groups is 1. The van der Waals surface area contributed by atoms with Crippen molar-refractivity contribution >= 4 is 11.7 Å². The second-order valence-corrected chi connectivity index (χ2v) is 4.13. The van der Waals surface area contributed by atoms with Gasteiger partial charge < -0.3 is 25.4 Å². The first-order chi connectivity index (χ1) is 10.1. The van der Waals surface area contributed by atoms with Crippen LogP contribution in [0.2, 0.25) is 0 Å². The Balaban J connectivity index is 2.38. The molecule has 0 fully saturated rings. The third kappa shape index (κ3) is 3.03. The molecule has 2 rings (SSSR count). The highest BCUT2D eigenvalue weighted by Crippen LogP contribution is 2.34. The van der Waals surface area contributed by atoms with E-state index in [1.165, 1.54) is 19.4 Å². The number of carboxylic acids is 1. The highest BCUT2D eigenvalue weighted by molar-refractivity contribution is 5.94. The summed E-state index contributed by atoms with van der Waals surface area (Å²) >= 11 is 0. The Hall–Kier alpha value is -2.80. The van der Waals surface area contributed by atoms with Gasteiger partial charge in [0.15, 0.2) is 11.5 Å². The molecule has 0 spiro atoms. The van der Waals surface area contributed by atoms with Gasteiger partial charge in [-0.15, -0.1) is 0 Å². The average Bonchev–Trinajstić information content (AvgIpc) is 2.49. The quantitative estimate of drug-likeness (QED) is 0.766. The molecule has 110 valence electrons. The first kappa shape index (κ1) is 14.6. The fraction of sp³-hybridized carbons (Fsp3) is 0.143. The van der Waals surface area contributed by atoms with E-state index >= 15 is 0 Å². The summed E-state index contributed by atoms with van der Waals surface area (Å²) in [6, 6.07) is 6.12. The van der Waals surface area contributed by atoms with Crippen LogP contribution in [-0.2, 0) is 6.61 Å². The van der Waals surface area contributed by atoms with Gasteiger partial charge in [0.25, 0.3) is 0 Å². The van der Waals surface area contributed by atoms with Gasteiger partial charge in [0.1, 0.15) is 5.69 Å². The summed E-state index contributed by atoms with van der Waals surface area (Å²) in [5, 5.41) is 18.1. The number of ether oxygens (including phenoxy) is 2. The number of aliphatic hydroxyl groups is 1. The van der Waals surface area contributed by atoms with E-state index in [1.54, 1.807) is 18.2 Å². The Labute approximate surface area is 120 Å². The molecule has 0 aliphatic carbocycles. The molecule has 0 amide bonds. The van der Waals surface area contributed by atoms with E-state index in [9.17, 15) is 4.79 Å². The van der Waals surface area contributed by atoms with Crippen LogP contribution in [0.1, 0.15) is 15.9 Å². The molecular formula is C14H14N2O5. The first-order valence-corrected chi connectivity index (χ1v) is 6.00. The standard InChI is InChI=1S/C14H14N2O5/c1-20-11-6-8(7-17)2-3-10(11)21-13-12(15)9(14(18)19)4-5-16-13/h2-6,17H,7,15H2,1H3,(H,18,19). The molecule has 7 heteroatoms. The Kier molecular flexibility index (Phi) is 4.24. The number of anilines is 1. The van der Waals surface area contributed by atoms with Crippen molar-refractivity contribution in [3.8, 4) is 17.4 Å². The Morgan fingerprint density at radius 1 is 1.33 bits per heavy atom. The van der Waals surface area contributed by atoms with E-state index in [-0.39, 0.29) is 23.7 Å². The number of nitrogen functional groups attached to an aromatic ring is 1. The molecule has 2 aromatic rings. The highest BCUT2D eigenvalue weighted by atomic mass is 16.5. The van der Waals surface area contributed by atoms with Crippen molar-refractivity contribution in [2.75, 3.05) is 12.8 Å². The van der Waals surface area contributed by atoms with Gasteiger partial charge in [-0.25, -0.2) is 9.78 Å². The summed E-state index contributed by atoms with van der Waals surface area (Å²) in [6.45, 7) is -0.133. The predicted octanol–water partition coefficient (Wildman–Crippen LogP) is 1.66. The summed E-state index contributed by atoms with van der Waals surface area (Å²) in [6.07, 6.45) is 1.30. The molecular weight excluding hydrogens is 276 g/mol. The summed E-state index contributed by atoms with van der Waals surface area (Å²) < 4.78 is 10.7. The van der Waals surface area contributed by atoms with Gasteiger partial charge in [-0.3, -0.25) is 0 Å². The molecule has 1 aromatic heterocycles. The molecule has 1 aromatic carbocycles. The average molecular weight is 290 g/mol. The molecule has 1 heterocycles. The minimum atomic E-state index is -1.16. The Bertz CT molecular complexity index is 672. The number of benzene rings is 1. The topological polar surface area (TPSA) is 115 Å². The van der Waals surface area contributed by atoms with E-state index in [4.69, 9.17) is 25.4 Å². The molecule has 0 saturated carbocycles. The molecule has 0 radical (unpaired) electrons. The second-order valence-electron chi connectivity index (χ2n) is 4.13. The molecule has 0 saturated heterocycles. The number of aromatic carboxylic acids is 1. The fourth-order valence-electron chi connectivity index (χ4n) is 1.72. The first-order valence-electron chi connectivity index (χ1n) is 6.00. The van der Waals surface area contributed by atoms with Gasteiger partial charge in [0.05, 0.1) is 19.3 Å². The van der Waals surface area contributed by atoms with Crippen LogP contribution in [0.3, 0.4) is 0 Å². The van der Waals surface area contributed by atoms with E-state index < -0.39 is 5.97 Å². The number of nitrogens with two attached hydrogens (primary N) is 1. The van der Waals surface area contributed by atoms with Gasteiger partial charge in [-0.05, 0) is 23.8 Å². The minimum Gasteiger partial charge on any atom is -0.493 e. The predicted molar refractivity (Wildman–Crippen MR) is 74.6 cm³/mol. The summed E-state index contributed by atoms with van der Waals surface area (Å²) in [4.78, 5) is 14.9. The minimum absolute atomic E-state index is 0.0232. The lowest BCUT2D eigenvalue weighted by Gasteiger charge is -2.12. The van der Waals surface area contributed by atoms with E-state index in [0.29, 0.717) is 17.1 Å². The van der Waals surface area contributed by atoms with Crippen molar-refractivity contribution in [2.45, 2.75) is 6.61 Å². The van der Waals surface area contributed by atoms with Gasteiger partial charge >= 0.3 is 5.97 Å². The number of methoxy groups -OCH3 is 1. The monoisotopic (exact) mass is 290 g/mol. The van der Waals surface area contributed by atoms with Crippen molar-refractivity contribution in [3.63, 3.8) is 0 Å². The Morgan fingerprint density at radius 3 is 2.71 bits per heavy atom. The third-order valence-electron chi connectivity index (χ3n) is 2.80. The van der Waals surface area contributed by atoms with Crippen LogP contribution in [0, 0.1) is 0 Å². The largest absolute Gasteiger partial charge is 0.493 e. The van der Waals surface area contributed by atoms with Crippen LogP contribution < -0.4 is 15.2 Å². The van der Waals surface area contributed by atoms with Gasteiger partial charge in [-0.1, -0.05) is 6.07 Å². The van der Waals surface area contributed by atoms with E-state index in [2.05, 4.69) is 4.98 Å². The third-order valence-corrected chi connectivity index (χ3v) is 2.80. The SMILES string of the molecule is COc1cc(CO)ccc1Oc1nccc(C(=O)O)c1N. The number of pyridine rings is 1. The molecule has 0 aliphatic rings. The maximum Gasteiger partial charge on any atom is 0.338 e. The van der Waals surface area contributed by atoms with Gasteiger partial charge in [0.2, 0.25) is 5.88 Å². The van der Waals surface area contributed by atoms with Gasteiger partial charge in [0, 0.05) is 6.20 Å². The zero-order chi connectivity index (χ0) is 15.4. The lowest BCUT2D eigenvalue weighted by molar-refractivity contribution is 0.0697. The van der Waals surface area contributed by atoms with Crippen LogP contribution in [-0.4, -0.2) is 28.3 Å². The highest BCUT2D eigenvalue weighted by Gasteiger charge is 2.15. The fourth-order valence-corrected chi connectivity index (χ4v) is 1.72. The molecule has 7 nitrogen and oxygen atoms in total. The molecule has 0 unspecified atom stereocenters. The molecule has 0 atom stereocenters. The van der Waals surface area contributed by atoms with E-state index in [1.807, 2.05) is 0 Å². The number of hydrogen-bond acceptors (Lipinski definition) is 6. The smallest absolute Gasteiger partial charge is 0.338 e. The summed E-state index contributed by atoms with van der Waals surface area (Å²) in [5.74, 6) is -0.493. The molecule has 0 bridgehead atoms. The number of carboxylic acid groups (broad SMARTS) is 1. The van der Waals surface area contributed by atoms with Crippen molar-refractivity contribution < 1.29 is 24.5 Å². The van der Waals surface area contributed by atoms with Crippen LogP contribution in [0.5, 0.6) is 17.4 Å². The normalized spacial score (nSPS) is 10.2. The number of rotatable bonds is 5. The lowest BCUT2D eigenvalue weighted by atomic mass is 10.2. The summed E-state index contributed by atoms with van der Waals surface area (Å²) in [7, 11) is 1.45. The van der Waals surface area contributed by atoms with Crippen LogP contribution >= 0.6 is 0 Å². The lowest BCUT2D eigenvalue weighted by Crippen LogP contribution is -2.05. The van der Waals surface area contributed by atoms with Crippen molar-refractivity contribution in [2.24, 2.45) is 0 Å². The maximum atomic E-state index is 11.0. The second kappa shape index (κ2) is 6.10. The van der Waals surface area contributed by atoms with Crippen molar-refractivity contribution in [1.29, 1.82) is 0 Å². The van der Waals surface area contributed by atoms with Crippen molar-refractivity contribution in [3.05, 3.63) is 41.6 Å². The number of nitrogens with zero attached hydrogens (tertiary/aromatic N) is 1. The number of aromatic nitrogens is 1. The van der Waals surface area contributed by atoms with Crippen LogP contribution in [0.4, 0.5) is 5.69 Å².